The van der Waals surface area contributed by atoms with Crippen LogP contribution < -0.4 is 5.73 Å². The van der Waals surface area contributed by atoms with Gasteiger partial charge in [0.2, 0.25) is 5.91 Å². The number of ether oxygens (including phenoxy) is 1. The predicted molar refractivity (Wildman–Crippen MR) is 98.3 cm³/mol. The number of allylic oxidation sites excluding steroid dienone is 1. The van der Waals surface area contributed by atoms with Crippen molar-refractivity contribution in [3.63, 3.8) is 0 Å². The number of piperidine rings is 1. The van der Waals surface area contributed by atoms with Crippen LogP contribution in [-0.2, 0) is 16.0 Å². The monoisotopic (exact) mass is 344 g/mol. The summed E-state index contributed by atoms with van der Waals surface area (Å²) in [4.78, 5) is 24.6. The fourth-order valence-electron chi connectivity index (χ4n) is 2.96. The highest BCUT2D eigenvalue weighted by Crippen LogP contribution is 2.29. The summed E-state index contributed by atoms with van der Waals surface area (Å²) in [6.07, 6.45) is 5.53. The first-order chi connectivity index (χ1) is 11.7. The minimum absolute atomic E-state index is 0.220. The molecule has 0 radical (unpaired) electrons. The number of likely N-dealkylation sites (tertiary alicyclic amines) is 1. The molecule has 2 N–H and O–H groups in total. The molecule has 25 heavy (non-hydrogen) atoms. The van der Waals surface area contributed by atoms with E-state index in [0.717, 1.165) is 31.5 Å². The van der Waals surface area contributed by atoms with E-state index in [1.165, 1.54) is 11.6 Å². The van der Waals surface area contributed by atoms with Gasteiger partial charge in [-0.3, -0.25) is 4.79 Å². The molecule has 0 saturated carbocycles. The SMILES string of the molecule is CC(C)(C)OC(=O)N1CCC(c2ccc(CC=CC(N)=O)cc2)CC1. The van der Waals surface area contributed by atoms with Crippen LogP contribution in [0.4, 0.5) is 4.79 Å². The molecule has 0 bridgehead atoms. The number of carbonyl (C=O) groups is 2. The highest BCUT2D eigenvalue weighted by atomic mass is 16.6. The highest BCUT2D eigenvalue weighted by molar-refractivity contribution is 5.85. The quantitative estimate of drug-likeness (QED) is 0.851. The highest BCUT2D eigenvalue weighted by Gasteiger charge is 2.27. The number of hydrogen-bond donors (Lipinski definition) is 1. The molecule has 1 fully saturated rings. The van der Waals surface area contributed by atoms with Gasteiger partial charge in [-0.2, -0.15) is 0 Å². The van der Waals surface area contributed by atoms with E-state index in [4.69, 9.17) is 10.5 Å². The third-order valence-electron chi connectivity index (χ3n) is 4.23. The third kappa shape index (κ3) is 6.25. The molecular weight excluding hydrogens is 316 g/mol. The molecule has 0 atom stereocenters. The minimum Gasteiger partial charge on any atom is -0.444 e. The minimum atomic E-state index is -0.452. The van der Waals surface area contributed by atoms with Crippen LogP contribution in [0.1, 0.15) is 50.7 Å². The van der Waals surface area contributed by atoms with Gasteiger partial charge >= 0.3 is 6.09 Å². The lowest BCUT2D eigenvalue weighted by Crippen LogP contribution is -2.41. The van der Waals surface area contributed by atoms with Gasteiger partial charge in [0.1, 0.15) is 5.60 Å². The van der Waals surface area contributed by atoms with E-state index in [2.05, 4.69) is 24.3 Å². The molecule has 1 aromatic carbocycles. The summed E-state index contributed by atoms with van der Waals surface area (Å²) in [6, 6.07) is 8.45. The van der Waals surface area contributed by atoms with Gasteiger partial charge in [-0.25, -0.2) is 4.79 Å². The smallest absolute Gasteiger partial charge is 0.410 e. The molecule has 136 valence electrons. The van der Waals surface area contributed by atoms with Crippen LogP contribution in [0, 0.1) is 0 Å². The van der Waals surface area contributed by atoms with Crippen LogP contribution in [0.2, 0.25) is 0 Å². The summed E-state index contributed by atoms with van der Waals surface area (Å²) >= 11 is 0. The maximum absolute atomic E-state index is 12.1. The van der Waals surface area contributed by atoms with E-state index < -0.39 is 11.5 Å². The Bertz CT molecular complexity index is 621. The molecule has 2 rings (SSSR count). The van der Waals surface area contributed by atoms with E-state index >= 15 is 0 Å². The Labute approximate surface area is 149 Å². The van der Waals surface area contributed by atoms with E-state index in [0.29, 0.717) is 12.3 Å². The third-order valence-corrected chi connectivity index (χ3v) is 4.23. The van der Waals surface area contributed by atoms with Crippen LogP contribution in [-0.4, -0.2) is 35.6 Å². The van der Waals surface area contributed by atoms with E-state index in [9.17, 15) is 9.59 Å². The zero-order valence-electron chi connectivity index (χ0n) is 15.3. The molecule has 1 aliphatic heterocycles. The fraction of sp³-hybridized carbons (Fsp3) is 0.500. The maximum Gasteiger partial charge on any atom is 0.410 e. The summed E-state index contributed by atoms with van der Waals surface area (Å²) in [7, 11) is 0. The van der Waals surface area contributed by atoms with Crippen molar-refractivity contribution in [2.24, 2.45) is 5.73 Å². The molecule has 2 amide bonds. The lowest BCUT2D eigenvalue weighted by atomic mass is 9.89. The molecule has 5 heteroatoms. The van der Waals surface area contributed by atoms with Crippen molar-refractivity contribution in [2.45, 2.75) is 51.6 Å². The number of nitrogens with zero attached hydrogens (tertiary/aromatic N) is 1. The number of nitrogens with two attached hydrogens (primary N) is 1. The Morgan fingerprint density at radius 1 is 1.20 bits per heavy atom. The Hall–Kier alpha value is -2.30. The average molecular weight is 344 g/mol. The Kier molecular flexibility index (Phi) is 6.23. The lowest BCUT2D eigenvalue weighted by Gasteiger charge is -2.33. The molecule has 1 aliphatic rings. The second-order valence-electron chi connectivity index (χ2n) is 7.49. The number of rotatable bonds is 4. The van der Waals surface area contributed by atoms with E-state index in [-0.39, 0.29) is 6.09 Å². The number of benzene rings is 1. The lowest BCUT2D eigenvalue weighted by molar-refractivity contribution is -0.113. The topological polar surface area (TPSA) is 72.6 Å². The van der Waals surface area contributed by atoms with Crippen molar-refractivity contribution in [2.75, 3.05) is 13.1 Å². The molecule has 0 aromatic heterocycles. The number of primary amides is 1. The van der Waals surface area contributed by atoms with Crippen molar-refractivity contribution in [3.8, 4) is 0 Å². The van der Waals surface area contributed by atoms with Gasteiger partial charge in [0.15, 0.2) is 0 Å². The average Bonchev–Trinajstić information content (AvgIpc) is 2.54. The second kappa shape index (κ2) is 8.19. The van der Waals surface area contributed by atoms with Gasteiger partial charge in [0.25, 0.3) is 0 Å². The van der Waals surface area contributed by atoms with Crippen LogP contribution in [0.5, 0.6) is 0 Å². The maximum atomic E-state index is 12.1. The van der Waals surface area contributed by atoms with Crippen molar-refractivity contribution in [3.05, 3.63) is 47.5 Å². The van der Waals surface area contributed by atoms with Crippen molar-refractivity contribution in [1.29, 1.82) is 0 Å². The van der Waals surface area contributed by atoms with Gasteiger partial charge in [-0.1, -0.05) is 30.3 Å². The van der Waals surface area contributed by atoms with Crippen LogP contribution in [0.25, 0.3) is 0 Å². The normalized spacial score (nSPS) is 16.2. The summed E-state index contributed by atoms with van der Waals surface area (Å²) in [5.41, 5.74) is 7.07. The van der Waals surface area contributed by atoms with Crippen molar-refractivity contribution >= 4 is 12.0 Å². The van der Waals surface area contributed by atoms with E-state index in [1.54, 1.807) is 11.0 Å². The Morgan fingerprint density at radius 3 is 2.32 bits per heavy atom. The molecule has 1 aromatic rings. The first kappa shape index (κ1) is 19.0. The van der Waals surface area contributed by atoms with Gasteiger partial charge in [-0.05, 0) is 63.2 Å². The zero-order chi connectivity index (χ0) is 18.4. The zero-order valence-corrected chi connectivity index (χ0v) is 15.3. The van der Waals surface area contributed by atoms with Crippen molar-refractivity contribution in [1.82, 2.24) is 4.90 Å². The summed E-state index contributed by atoms with van der Waals surface area (Å²) in [5.74, 6) is 0.0438. The number of amides is 2. The number of hydrogen-bond acceptors (Lipinski definition) is 3. The van der Waals surface area contributed by atoms with Gasteiger partial charge in [0.05, 0.1) is 0 Å². The second-order valence-corrected chi connectivity index (χ2v) is 7.49. The predicted octanol–water partition coefficient (Wildman–Crippen LogP) is 3.39. The van der Waals surface area contributed by atoms with Crippen LogP contribution in [0.15, 0.2) is 36.4 Å². The van der Waals surface area contributed by atoms with Gasteiger partial charge in [-0.15, -0.1) is 0 Å². The molecule has 1 saturated heterocycles. The van der Waals surface area contributed by atoms with Gasteiger partial charge < -0.3 is 15.4 Å². The molecule has 1 heterocycles. The summed E-state index contributed by atoms with van der Waals surface area (Å²) in [5, 5.41) is 0. The fourth-order valence-corrected chi connectivity index (χ4v) is 2.96. The summed E-state index contributed by atoms with van der Waals surface area (Å²) < 4.78 is 5.44. The molecule has 0 unspecified atom stereocenters. The molecule has 0 spiro atoms. The van der Waals surface area contributed by atoms with Gasteiger partial charge in [0, 0.05) is 13.1 Å². The van der Waals surface area contributed by atoms with Crippen LogP contribution in [0.3, 0.4) is 0 Å². The molecular formula is C20H28N2O3. The summed E-state index contributed by atoms with van der Waals surface area (Å²) in [6.45, 7) is 7.11. The number of carbonyl (C=O) groups excluding carboxylic acids is 2. The standard InChI is InChI=1S/C20H28N2O3/c1-20(2,3)25-19(24)22-13-11-17(12-14-22)16-9-7-15(8-10-16)5-4-6-18(21)23/h4,6-10,17H,5,11-14H2,1-3H3,(H2,21,23). The first-order valence-corrected chi connectivity index (χ1v) is 8.77. The Morgan fingerprint density at radius 2 is 1.80 bits per heavy atom. The molecule has 0 aliphatic carbocycles. The van der Waals surface area contributed by atoms with Crippen molar-refractivity contribution < 1.29 is 14.3 Å². The van der Waals surface area contributed by atoms with E-state index in [1.807, 2.05) is 20.8 Å². The first-order valence-electron chi connectivity index (χ1n) is 8.77. The largest absolute Gasteiger partial charge is 0.444 e. The molecule has 5 nitrogen and oxygen atoms in total. The van der Waals surface area contributed by atoms with Crippen LogP contribution >= 0.6 is 0 Å². The Balaban J connectivity index is 1.86.